The van der Waals surface area contributed by atoms with Crippen LogP contribution in [0.15, 0.2) is 24.3 Å². The van der Waals surface area contributed by atoms with Crippen LogP contribution in [0.1, 0.15) is 44.2 Å². The number of hydrogen-bond acceptors (Lipinski definition) is 2. The van der Waals surface area contributed by atoms with Gasteiger partial charge in [-0.15, -0.1) is 0 Å². The number of carbonyl (C=O) groups is 1. The van der Waals surface area contributed by atoms with Gasteiger partial charge in [-0.1, -0.05) is 38.1 Å². The molecule has 1 amide bonds. The van der Waals surface area contributed by atoms with Gasteiger partial charge in [0.25, 0.3) is 0 Å². The Bertz CT molecular complexity index is 401. The summed E-state index contributed by atoms with van der Waals surface area (Å²) >= 11 is 0. The van der Waals surface area contributed by atoms with Gasteiger partial charge in [0.2, 0.25) is 5.91 Å². The van der Waals surface area contributed by atoms with Crippen molar-refractivity contribution in [2.45, 2.75) is 39.5 Å². The molecule has 0 saturated heterocycles. The van der Waals surface area contributed by atoms with Gasteiger partial charge in [0.05, 0.1) is 5.92 Å². The molecular formula is C16H26N2O. The molecule has 0 bridgehead atoms. The van der Waals surface area contributed by atoms with E-state index < -0.39 is 0 Å². The summed E-state index contributed by atoms with van der Waals surface area (Å²) in [6, 6.07) is 8.23. The Hall–Kier alpha value is -1.35. The van der Waals surface area contributed by atoms with Gasteiger partial charge in [0.1, 0.15) is 0 Å². The lowest BCUT2D eigenvalue weighted by Gasteiger charge is -2.17. The highest BCUT2D eigenvalue weighted by Crippen LogP contribution is 2.22. The van der Waals surface area contributed by atoms with E-state index in [1.54, 1.807) is 0 Å². The second-order valence-corrected chi connectivity index (χ2v) is 5.45. The minimum Gasteiger partial charge on any atom is -0.356 e. The molecule has 0 heterocycles. The Morgan fingerprint density at radius 1 is 1.26 bits per heavy atom. The second-order valence-electron chi connectivity index (χ2n) is 5.45. The first-order valence-electron chi connectivity index (χ1n) is 7.11. The van der Waals surface area contributed by atoms with Crippen LogP contribution < -0.4 is 11.1 Å². The number of nitrogens with one attached hydrogen (secondary N) is 1. The summed E-state index contributed by atoms with van der Waals surface area (Å²) < 4.78 is 0. The van der Waals surface area contributed by atoms with Crippen molar-refractivity contribution in [3.05, 3.63) is 35.4 Å². The van der Waals surface area contributed by atoms with Gasteiger partial charge >= 0.3 is 0 Å². The molecule has 1 atom stereocenters. The maximum atomic E-state index is 12.1. The number of benzene rings is 1. The van der Waals surface area contributed by atoms with Crippen LogP contribution in [0.2, 0.25) is 0 Å². The minimum absolute atomic E-state index is 0.0876. The first-order chi connectivity index (χ1) is 9.06. The third kappa shape index (κ3) is 5.03. The van der Waals surface area contributed by atoms with Gasteiger partial charge in [-0.2, -0.15) is 0 Å². The molecule has 3 heteroatoms. The highest BCUT2D eigenvalue weighted by Gasteiger charge is 2.17. The fourth-order valence-electron chi connectivity index (χ4n) is 2.19. The molecule has 1 aromatic rings. The molecule has 0 spiro atoms. The first kappa shape index (κ1) is 15.7. The van der Waals surface area contributed by atoms with Crippen molar-refractivity contribution >= 4 is 5.91 Å². The average Bonchev–Trinajstić information content (AvgIpc) is 2.38. The summed E-state index contributed by atoms with van der Waals surface area (Å²) in [6.45, 7) is 7.63. The highest BCUT2D eigenvalue weighted by atomic mass is 16.1. The van der Waals surface area contributed by atoms with Crippen molar-refractivity contribution in [1.29, 1.82) is 0 Å². The Morgan fingerprint density at radius 2 is 1.95 bits per heavy atom. The van der Waals surface area contributed by atoms with Crippen molar-refractivity contribution in [2.75, 3.05) is 13.1 Å². The standard InChI is InChI=1S/C16H26N2O/c1-12(2)11-14-7-4-5-8-15(14)13(3)16(19)18-10-6-9-17/h4-5,7-8,12-13H,6,9-11,17H2,1-3H3,(H,18,19)/t13-/m1/s1. The smallest absolute Gasteiger partial charge is 0.227 e. The molecule has 3 nitrogen and oxygen atoms in total. The van der Waals surface area contributed by atoms with Crippen LogP contribution in [0, 0.1) is 5.92 Å². The Labute approximate surface area is 116 Å². The number of nitrogens with two attached hydrogens (primary N) is 1. The monoisotopic (exact) mass is 262 g/mol. The molecule has 0 saturated carbocycles. The molecule has 0 aliphatic heterocycles. The lowest BCUT2D eigenvalue weighted by atomic mass is 9.90. The molecule has 19 heavy (non-hydrogen) atoms. The average molecular weight is 262 g/mol. The van der Waals surface area contributed by atoms with Crippen LogP contribution in [0.3, 0.4) is 0 Å². The van der Waals surface area contributed by atoms with Crippen LogP contribution in [-0.2, 0) is 11.2 Å². The summed E-state index contributed by atoms with van der Waals surface area (Å²) in [5, 5.41) is 2.94. The van der Waals surface area contributed by atoms with Crippen molar-refractivity contribution in [2.24, 2.45) is 11.7 Å². The van der Waals surface area contributed by atoms with Gasteiger partial charge in [0.15, 0.2) is 0 Å². The summed E-state index contributed by atoms with van der Waals surface area (Å²) in [6.07, 6.45) is 1.84. The van der Waals surface area contributed by atoms with E-state index in [1.165, 1.54) is 5.56 Å². The third-order valence-corrected chi connectivity index (χ3v) is 3.22. The van der Waals surface area contributed by atoms with E-state index in [4.69, 9.17) is 5.73 Å². The molecule has 106 valence electrons. The molecule has 0 aromatic heterocycles. The van der Waals surface area contributed by atoms with Gasteiger partial charge in [0, 0.05) is 6.54 Å². The summed E-state index contributed by atoms with van der Waals surface area (Å²) in [7, 11) is 0. The van der Waals surface area contributed by atoms with Crippen molar-refractivity contribution in [3.63, 3.8) is 0 Å². The van der Waals surface area contributed by atoms with E-state index in [1.807, 2.05) is 19.1 Å². The lowest BCUT2D eigenvalue weighted by molar-refractivity contribution is -0.122. The summed E-state index contributed by atoms with van der Waals surface area (Å²) in [5.74, 6) is 0.575. The van der Waals surface area contributed by atoms with Crippen molar-refractivity contribution in [3.8, 4) is 0 Å². The topological polar surface area (TPSA) is 55.1 Å². The Balaban J connectivity index is 2.75. The van der Waals surface area contributed by atoms with E-state index in [2.05, 4.69) is 31.3 Å². The Kier molecular flexibility index (Phi) is 6.57. The van der Waals surface area contributed by atoms with Gasteiger partial charge < -0.3 is 11.1 Å². The van der Waals surface area contributed by atoms with E-state index in [-0.39, 0.29) is 11.8 Å². The molecular weight excluding hydrogens is 236 g/mol. The Morgan fingerprint density at radius 3 is 2.58 bits per heavy atom. The number of rotatable bonds is 7. The molecule has 0 radical (unpaired) electrons. The third-order valence-electron chi connectivity index (χ3n) is 3.22. The van der Waals surface area contributed by atoms with Crippen LogP contribution in [0.5, 0.6) is 0 Å². The quantitative estimate of drug-likeness (QED) is 0.742. The summed E-state index contributed by atoms with van der Waals surface area (Å²) in [5.41, 5.74) is 7.85. The predicted octanol–water partition coefficient (Wildman–Crippen LogP) is 2.45. The maximum absolute atomic E-state index is 12.1. The molecule has 0 aliphatic carbocycles. The fraction of sp³-hybridized carbons (Fsp3) is 0.562. The van der Waals surface area contributed by atoms with Crippen LogP contribution in [-0.4, -0.2) is 19.0 Å². The lowest BCUT2D eigenvalue weighted by Crippen LogP contribution is -2.30. The highest BCUT2D eigenvalue weighted by molar-refractivity contribution is 5.83. The summed E-state index contributed by atoms with van der Waals surface area (Å²) in [4.78, 5) is 12.1. The van der Waals surface area contributed by atoms with Gasteiger partial charge in [-0.25, -0.2) is 0 Å². The molecule has 1 rings (SSSR count). The minimum atomic E-state index is -0.104. The number of hydrogen-bond donors (Lipinski definition) is 2. The van der Waals surface area contributed by atoms with Crippen molar-refractivity contribution < 1.29 is 4.79 Å². The first-order valence-corrected chi connectivity index (χ1v) is 7.11. The van der Waals surface area contributed by atoms with E-state index >= 15 is 0 Å². The fourth-order valence-corrected chi connectivity index (χ4v) is 2.19. The zero-order valence-electron chi connectivity index (χ0n) is 12.3. The second kappa shape index (κ2) is 7.95. The zero-order valence-corrected chi connectivity index (χ0v) is 12.3. The maximum Gasteiger partial charge on any atom is 0.227 e. The van der Waals surface area contributed by atoms with Gasteiger partial charge in [-0.3, -0.25) is 4.79 Å². The number of amides is 1. The molecule has 3 N–H and O–H groups in total. The van der Waals surface area contributed by atoms with Crippen LogP contribution in [0.25, 0.3) is 0 Å². The van der Waals surface area contributed by atoms with E-state index in [9.17, 15) is 4.79 Å². The molecule has 0 unspecified atom stereocenters. The van der Waals surface area contributed by atoms with Crippen LogP contribution in [0.4, 0.5) is 0 Å². The van der Waals surface area contributed by atoms with E-state index in [0.29, 0.717) is 19.0 Å². The molecule has 0 aliphatic rings. The largest absolute Gasteiger partial charge is 0.356 e. The molecule has 1 aromatic carbocycles. The van der Waals surface area contributed by atoms with Crippen molar-refractivity contribution in [1.82, 2.24) is 5.32 Å². The van der Waals surface area contributed by atoms with Crippen LogP contribution >= 0.6 is 0 Å². The number of carbonyl (C=O) groups excluding carboxylic acids is 1. The normalized spacial score (nSPS) is 12.5. The van der Waals surface area contributed by atoms with Gasteiger partial charge in [-0.05, 0) is 43.4 Å². The SMILES string of the molecule is CC(C)Cc1ccccc1[C@@H](C)C(=O)NCCCN. The molecule has 0 fully saturated rings. The predicted molar refractivity (Wildman–Crippen MR) is 80.1 cm³/mol. The zero-order chi connectivity index (χ0) is 14.3. The van der Waals surface area contributed by atoms with E-state index in [0.717, 1.165) is 18.4 Å².